The van der Waals surface area contributed by atoms with Crippen LogP contribution in [0.15, 0.2) is 23.0 Å². The van der Waals surface area contributed by atoms with Gasteiger partial charge in [-0.3, -0.25) is 4.79 Å². The third kappa shape index (κ3) is 1.85. The van der Waals surface area contributed by atoms with E-state index in [-0.39, 0.29) is 10.4 Å². The Hall–Kier alpha value is -1.99. The maximum atomic E-state index is 11.2. The molecule has 0 radical (unpaired) electrons. The largest absolute Gasteiger partial charge is 0.330 e. The fraction of sp³-hybridized carbons (Fsp3) is 0.357. The zero-order valence-corrected chi connectivity index (χ0v) is 12.4. The number of imidazole rings is 1. The van der Waals surface area contributed by atoms with Crippen molar-refractivity contribution in [1.82, 2.24) is 19.7 Å². The summed E-state index contributed by atoms with van der Waals surface area (Å²) in [6.07, 6.45) is 3.13. The molecule has 0 unspecified atom stereocenters. The molecule has 1 saturated carbocycles. The standard InChI is InChI=1S/C14H15N5OS/c1-19-10-7-8(11-17-18-13(20)21-11)3-4-9(10)16-12(19)14(15)5-2-6-14/h3-4,7H,2,5-6,15H2,1H3,(H,18,20). The van der Waals surface area contributed by atoms with Gasteiger partial charge in [0, 0.05) is 12.6 Å². The number of H-pyrrole nitrogens is 1. The summed E-state index contributed by atoms with van der Waals surface area (Å²) in [5.74, 6) is 0.941. The molecule has 6 nitrogen and oxygen atoms in total. The summed E-state index contributed by atoms with van der Waals surface area (Å²) >= 11 is 1.11. The van der Waals surface area contributed by atoms with Crippen LogP contribution in [-0.4, -0.2) is 19.7 Å². The van der Waals surface area contributed by atoms with Crippen LogP contribution in [0.2, 0.25) is 0 Å². The highest BCUT2D eigenvalue weighted by molar-refractivity contribution is 7.12. The lowest BCUT2D eigenvalue weighted by Crippen LogP contribution is -2.45. The second-order valence-electron chi connectivity index (χ2n) is 5.63. The molecule has 1 aromatic carbocycles. The van der Waals surface area contributed by atoms with Crippen molar-refractivity contribution >= 4 is 22.4 Å². The maximum Gasteiger partial charge on any atom is 0.322 e. The molecule has 2 aromatic heterocycles. The van der Waals surface area contributed by atoms with Crippen LogP contribution in [0.25, 0.3) is 21.6 Å². The molecule has 1 aliphatic rings. The van der Waals surface area contributed by atoms with Crippen LogP contribution in [0.5, 0.6) is 0 Å². The normalized spacial score (nSPS) is 17.0. The van der Waals surface area contributed by atoms with Crippen LogP contribution < -0.4 is 10.6 Å². The van der Waals surface area contributed by atoms with E-state index in [9.17, 15) is 4.79 Å². The molecule has 0 saturated heterocycles. The highest BCUT2D eigenvalue weighted by Gasteiger charge is 2.38. The van der Waals surface area contributed by atoms with Crippen LogP contribution >= 0.6 is 11.3 Å². The molecular formula is C14H15N5OS. The predicted molar refractivity (Wildman–Crippen MR) is 82.2 cm³/mol. The number of fused-ring (bicyclic) bond motifs is 1. The van der Waals surface area contributed by atoms with Gasteiger partial charge in [-0.05, 0) is 37.5 Å². The summed E-state index contributed by atoms with van der Waals surface area (Å²) in [6, 6.07) is 5.91. The Morgan fingerprint density at radius 3 is 2.86 bits per heavy atom. The molecule has 0 spiro atoms. The summed E-state index contributed by atoms with van der Waals surface area (Å²) in [5.41, 5.74) is 8.97. The van der Waals surface area contributed by atoms with Crippen LogP contribution in [-0.2, 0) is 12.6 Å². The minimum Gasteiger partial charge on any atom is -0.330 e. The molecule has 3 N–H and O–H groups in total. The highest BCUT2D eigenvalue weighted by atomic mass is 32.1. The molecule has 0 bridgehead atoms. The first-order valence-corrected chi connectivity index (χ1v) is 7.70. The number of aryl methyl sites for hydroxylation is 1. The third-order valence-corrected chi connectivity index (χ3v) is 5.05. The molecule has 7 heteroatoms. The Kier molecular flexibility index (Phi) is 2.58. The van der Waals surface area contributed by atoms with Gasteiger partial charge in [0.2, 0.25) is 0 Å². The Morgan fingerprint density at radius 1 is 1.43 bits per heavy atom. The van der Waals surface area contributed by atoms with Gasteiger partial charge in [-0.1, -0.05) is 11.3 Å². The Balaban J connectivity index is 1.88. The van der Waals surface area contributed by atoms with Gasteiger partial charge >= 0.3 is 4.87 Å². The number of aromatic nitrogens is 4. The van der Waals surface area contributed by atoms with Gasteiger partial charge in [-0.2, -0.15) is 5.10 Å². The number of hydrogen-bond acceptors (Lipinski definition) is 5. The summed E-state index contributed by atoms with van der Waals surface area (Å²) in [6.45, 7) is 0. The van der Waals surface area contributed by atoms with Crippen molar-refractivity contribution < 1.29 is 0 Å². The average molecular weight is 301 g/mol. The Morgan fingerprint density at radius 2 is 2.24 bits per heavy atom. The molecule has 0 aliphatic heterocycles. The van der Waals surface area contributed by atoms with E-state index in [1.807, 2.05) is 25.2 Å². The van der Waals surface area contributed by atoms with Crippen LogP contribution in [0, 0.1) is 0 Å². The van der Waals surface area contributed by atoms with E-state index >= 15 is 0 Å². The lowest BCUT2D eigenvalue weighted by Gasteiger charge is -2.37. The smallest absolute Gasteiger partial charge is 0.322 e. The minimum atomic E-state index is -0.287. The summed E-state index contributed by atoms with van der Waals surface area (Å²) < 4.78 is 2.06. The molecular weight excluding hydrogens is 286 g/mol. The lowest BCUT2D eigenvalue weighted by molar-refractivity contribution is 0.234. The van der Waals surface area contributed by atoms with Crippen molar-refractivity contribution in [3.63, 3.8) is 0 Å². The number of nitrogens with two attached hydrogens (primary N) is 1. The third-order valence-electron chi connectivity index (χ3n) is 4.26. The van der Waals surface area contributed by atoms with E-state index in [0.717, 1.165) is 53.0 Å². The average Bonchev–Trinajstić information content (AvgIpc) is 3.01. The predicted octanol–water partition coefficient (Wildman–Crippen LogP) is 1.72. The molecule has 4 rings (SSSR count). The van der Waals surface area contributed by atoms with Gasteiger partial charge in [0.25, 0.3) is 0 Å². The first-order valence-electron chi connectivity index (χ1n) is 6.89. The molecule has 2 heterocycles. The van der Waals surface area contributed by atoms with Gasteiger partial charge < -0.3 is 10.3 Å². The zero-order chi connectivity index (χ0) is 14.6. The second-order valence-corrected chi connectivity index (χ2v) is 6.59. The second kappa shape index (κ2) is 4.25. The lowest BCUT2D eigenvalue weighted by atomic mass is 9.77. The first-order chi connectivity index (χ1) is 10.1. The van der Waals surface area contributed by atoms with Gasteiger partial charge in [0.05, 0.1) is 16.6 Å². The van der Waals surface area contributed by atoms with Crippen molar-refractivity contribution in [2.45, 2.75) is 24.8 Å². The zero-order valence-electron chi connectivity index (χ0n) is 11.6. The molecule has 3 aromatic rings. The molecule has 0 atom stereocenters. The van der Waals surface area contributed by atoms with Crippen molar-refractivity contribution in [2.75, 3.05) is 0 Å². The molecule has 108 valence electrons. The SMILES string of the molecule is Cn1c(C2(N)CCC2)nc2ccc(-c3n[nH]c(=O)s3)cc21. The molecule has 21 heavy (non-hydrogen) atoms. The van der Waals surface area contributed by atoms with Crippen molar-refractivity contribution in [1.29, 1.82) is 0 Å². The van der Waals surface area contributed by atoms with Crippen LogP contribution in [0.4, 0.5) is 0 Å². The fourth-order valence-corrected chi connectivity index (χ4v) is 3.51. The molecule has 1 aliphatic carbocycles. The van der Waals surface area contributed by atoms with Crippen molar-refractivity contribution in [3.8, 4) is 10.6 Å². The van der Waals surface area contributed by atoms with Gasteiger partial charge in [0.15, 0.2) is 0 Å². The minimum absolute atomic E-state index is 0.147. The van der Waals surface area contributed by atoms with Crippen molar-refractivity contribution in [2.24, 2.45) is 12.8 Å². The van der Waals surface area contributed by atoms with E-state index in [2.05, 4.69) is 14.8 Å². The molecule has 0 amide bonds. The maximum absolute atomic E-state index is 11.2. The van der Waals surface area contributed by atoms with Gasteiger partial charge in [-0.25, -0.2) is 10.1 Å². The Labute approximate surface area is 124 Å². The van der Waals surface area contributed by atoms with Gasteiger partial charge in [0.1, 0.15) is 10.8 Å². The van der Waals surface area contributed by atoms with E-state index < -0.39 is 0 Å². The topological polar surface area (TPSA) is 89.6 Å². The van der Waals surface area contributed by atoms with Crippen LogP contribution in [0.3, 0.4) is 0 Å². The molecule has 1 fully saturated rings. The summed E-state index contributed by atoms with van der Waals surface area (Å²) in [4.78, 5) is 15.8. The number of hydrogen-bond donors (Lipinski definition) is 2. The quantitative estimate of drug-likeness (QED) is 0.754. The number of nitrogens with one attached hydrogen (secondary N) is 1. The van der Waals surface area contributed by atoms with Gasteiger partial charge in [-0.15, -0.1) is 0 Å². The number of nitrogens with zero attached hydrogens (tertiary/aromatic N) is 3. The number of rotatable bonds is 2. The first kappa shape index (κ1) is 12.7. The van der Waals surface area contributed by atoms with E-state index in [1.54, 1.807) is 0 Å². The van der Waals surface area contributed by atoms with Crippen LogP contribution in [0.1, 0.15) is 25.1 Å². The fourth-order valence-electron chi connectivity index (χ4n) is 2.90. The summed E-state index contributed by atoms with van der Waals surface area (Å²) in [7, 11) is 1.99. The monoisotopic (exact) mass is 301 g/mol. The Bertz CT molecular complexity index is 886. The highest BCUT2D eigenvalue weighted by Crippen LogP contribution is 2.39. The number of aromatic amines is 1. The van der Waals surface area contributed by atoms with Crippen molar-refractivity contribution in [3.05, 3.63) is 33.7 Å². The van der Waals surface area contributed by atoms with E-state index in [1.165, 1.54) is 0 Å². The van der Waals surface area contributed by atoms with E-state index in [4.69, 9.17) is 10.7 Å². The number of benzene rings is 1. The van der Waals surface area contributed by atoms with E-state index in [0.29, 0.717) is 5.01 Å². The summed E-state index contributed by atoms with van der Waals surface area (Å²) in [5, 5.41) is 7.17.